The van der Waals surface area contributed by atoms with Crippen molar-refractivity contribution in [3.8, 4) is 22.3 Å². The lowest BCUT2D eigenvalue weighted by Crippen LogP contribution is -2.09. The highest BCUT2D eigenvalue weighted by molar-refractivity contribution is 9.10. The molecule has 0 bridgehead atoms. The van der Waals surface area contributed by atoms with Gasteiger partial charge in [-0.15, -0.1) is 0 Å². The Balaban J connectivity index is 1.19. The molecule has 226 valence electrons. The molecule has 2 heteroatoms. The Morgan fingerprint density at radius 3 is 1.21 bits per heavy atom. The first-order valence-corrected chi connectivity index (χ1v) is 17.1. The Hall–Kier alpha value is -5.70. The highest BCUT2D eigenvalue weighted by atomic mass is 79.9. The first-order valence-electron chi connectivity index (χ1n) is 16.3. The summed E-state index contributed by atoms with van der Waals surface area (Å²) in [7, 11) is 0. The van der Waals surface area contributed by atoms with Crippen LogP contribution in [0, 0.1) is 0 Å². The third kappa shape index (κ3) is 4.68. The van der Waals surface area contributed by atoms with Gasteiger partial charge >= 0.3 is 0 Å². The van der Waals surface area contributed by atoms with Crippen molar-refractivity contribution in [1.82, 2.24) is 0 Å². The van der Waals surface area contributed by atoms with E-state index in [1.807, 2.05) is 0 Å². The average molecular weight is 677 g/mol. The van der Waals surface area contributed by atoms with Crippen molar-refractivity contribution in [1.29, 1.82) is 0 Å². The van der Waals surface area contributed by atoms with E-state index in [1.165, 1.54) is 65.3 Å². The molecule has 0 N–H and O–H groups in total. The van der Waals surface area contributed by atoms with E-state index in [0.29, 0.717) is 0 Å². The van der Waals surface area contributed by atoms with Crippen LogP contribution in [0.4, 0.5) is 17.1 Å². The van der Waals surface area contributed by atoms with Crippen LogP contribution >= 0.6 is 15.9 Å². The molecular weight excluding hydrogens is 646 g/mol. The van der Waals surface area contributed by atoms with Crippen LogP contribution in [0.15, 0.2) is 186 Å². The van der Waals surface area contributed by atoms with Crippen molar-refractivity contribution in [2.45, 2.75) is 0 Å². The predicted molar refractivity (Wildman–Crippen MR) is 210 cm³/mol. The normalized spacial score (nSPS) is 11.4. The minimum atomic E-state index is 1.12. The van der Waals surface area contributed by atoms with Gasteiger partial charge in [0.25, 0.3) is 0 Å². The number of halogens is 1. The molecule has 0 aliphatic rings. The maximum absolute atomic E-state index is 4.08. The number of fused-ring (bicyclic) bond motifs is 7. The topological polar surface area (TPSA) is 3.24 Å². The molecule has 0 radical (unpaired) electrons. The van der Waals surface area contributed by atoms with E-state index < -0.39 is 0 Å². The summed E-state index contributed by atoms with van der Waals surface area (Å²) in [5, 5.41) is 10.1. The van der Waals surface area contributed by atoms with Crippen molar-refractivity contribution in [2.75, 3.05) is 4.90 Å². The smallest absolute Gasteiger partial charge is 0.0462 e. The van der Waals surface area contributed by atoms with Gasteiger partial charge in [0, 0.05) is 26.9 Å². The van der Waals surface area contributed by atoms with E-state index in [2.05, 4.69) is 203 Å². The van der Waals surface area contributed by atoms with E-state index in [0.717, 1.165) is 21.5 Å². The summed E-state index contributed by atoms with van der Waals surface area (Å²) in [5.41, 5.74) is 8.26. The Bertz CT molecular complexity index is 2550. The van der Waals surface area contributed by atoms with Crippen LogP contribution in [0.5, 0.6) is 0 Å². The zero-order chi connectivity index (χ0) is 32.0. The minimum absolute atomic E-state index is 1.12. The van der Waals surface area contributed by atoms with Gasteiger partial charge in [-0.25, -0.2) is 0 Å². The van der Waals surface area contributed by atoms with Crippen LogP contribution < -0.4 is 4.90 Å². The summed E-state index contributed by atoms with van der Waals surface area (Å²) in [5.74, 6) is 0. The fourth-order valence-electron chi connectivity index (χ4n) is 7.32. The molecule has 0 saturated heterocycles. The van der Waals surface area contributed by atoms with Crippen molar-refractivity contribution in [3.05, 3.63) is 186 Å². The second kappa shape index (κ2) is 11.8. The van der Waals surface area contributed by atoms with Gasteiger partial charge in [0.05, 0.1) is 0 Å². The number of para-hydroxylation sites is 2. The summed E-state index contributed by atoms with van der Waals surface area (Å²) >= 11 is 4.08. The largest absolute Gasteiger partial charge is 0.311 e. The van der Waals surface area contributed by atoms with E-state index in [9.17, 15) is 0 Å². The zero-order valence-electron chi connectivity index (χ0n) is 26.1. The van der Waals surface area contributed by atoms with E-state index in [1.54, 1.807) is 0 Å². The molecule has 48 heavy (non-hydrogen) atoms. The van der Waals surface area contributed by atoms with E-state index >= 15 is 0 Å². The van der Waals surface area contributed by atoms with Crippen LogP contribution in [-0.4, -0.2) is 0 Å². The van der Waals surface area contributed by atoms with Gasteiger partial charge in [0.1, 0.15) is 0 Å². The van der Waals surface area contributed by atoms with Gasteiger partial charge in [-0.1, -0.05) is 146 Å². The number of rotatable bonds is 5. The molecule has 0 aromatic heterocycles. The molecule has 0 fully saturated rings. The lowest BCUT2D eigenvalue weighted by Gasteiger charge is -2.25. The van der Waals surface area contributed by atoms with Crippen molar-refractivity contribution >= 4 is 76.1 Å². The fraction of sp³-hybridized carbons (Fsp3) is 0. The summed E-state index contributed by atoms with van der Waals surface area (Å²) in [4.78, 5) is 2.30. The lowest BCUT2D eigenvalue weighted by atomic mass is 9.86. The monoisotopic (exact) mass is 675 g/mol. The number of benzene rings is 9. The van der Waals surface area contributed by atoms with Gasteiger partial charge in [-0.2, -0.15) is 0 Å². The molecule has 9 aromatic rings. The van der Waals surface area contributed by atoms with Crippen LogP contribution in [0.2, 0.25) is 0 Å². The highest BCUT2D eigenvalue weighted by Crippen LogP contribution is 2.48. The SMILES string of the molecule is Brc1c2ccccc2c(-c2ccc(-c3ccc(N(c4ccccc4)c4ccccc4)cc3)cc2)c2c3ccccc3c3ccccc3c12. The lowest BCUT2D eigenvalue weighted by molar-refractivity contribution is 1.28. The van der Waals surface area contributed by atoms with E-state index in [4.69, 9.17) is 0 Å². The van der Waals surface area contributed by atoms with Crippen molar-refractivity contribution in [3.63, 3.8) is 0 Å². The summed E-state index contributed by atoms with van der Waals surface area (Å²) in [6, 6.07) is 65.5. The van der Waals surface area contributed by atoms with Gasteiger partial charge in [0.2, 0.25) is 0 Å². The average Bonchev–Trinajstić information content (AvgIpc) is 3.16. The molecule has 0 unspecified atom stereocenters. The highest BCUT2D eigenvalue weighted by Gasteiger charge is 2.19. The molecule has 1 nitrogen and oxygen atoms in total. The summed E-state index contributed by atoms with van der Waals surface area (Å²) in [6.07, 6.45) is 0. The Labute approximate surface area is 288 Å². The number of anilines is 3. The van der Waals surface area contributed by atoms with Gasteiger partial charge < -0.3 is 4.90 Å². The fourth-order valence-corrected chi connectivity index (χ4v) is 8.08. The molecule has 0 atom stereocenters. The van der Waals surface area contributed by atoms with Gasteiger partial charge in [-0.05, 0) is 112 Å². The number of hydrogen-bond acceptors (Lipinski definition) is 1. The third-order valence-electron chi connectivity index (χ3n) is 9.50. The Morgan fingerprint density at radius 1 is 0.292 bits per heavy atom. The molecule has 0 aliphatic carbocycles. The predicted octanol–water partition coefficient (Wildman–Crippen LogP) is 13.9. The molecule has 0 amide bonds. The Morgan fingerprint density at radius 2 is 0.667 bits per heavy atom. The van der Waals surface area contributed by atoms with E-state index in [-0.39, 0.29) is 0 Å². The summed E-state index contributed by atoms with van der Waals surface area (Å²) < 4.78 is 1.15. The van der Waals surface area contributed by atoms with Crippen molar-refractivity contribution < 1.29 is 0 Å². The number of hydrogen-bond donors (Lipinski definition) is 0. The Kier molecular flexibility index (Phi) is 7.03. The second-order valence-corrected chi connectivity index (χ2v) is 13.0. The quantitative estimate of drug-likeness (QED) is 0.130. The molecule has 0 heterocycles. The first kappa shape index (κ1) is 28.5. The first-order chi connectivity index (χ1) is 23.8. The maximum atomic E-state index is 4.08. The van der Waals surface area contributed by atoms with Crippen molar-refractivity contribution in [2.24, 2.45) is 0 Å². The van der Waals surface area contributed by atoms with Crippen LogP contribution in [0.1, 0.15) is 0 Å². The van der Waals surface area contributed by atoms with Gasteiger partial charge in [-0.3, -0.25) is 0 Å². The standard InChI is InChI=1S/C46H30BrN/c47-46-42-22-12-11-21-41(42)43(44-39-19-9-7-17-37(39)38-18-8-10-20-40(38)45(44)46)33-25-23-31(24-26-33)32-27-29-36(30-28-32)48(34-13-3-1-4-14-34)35-15-5-2-6-16-35/h1-30H. The summed E-state index contributed by atoms with van der Waals surface area (Å²) in [6.45, 7) is 0. The molecule has 9 rings (SSSR count). The molecular formula is C46H30BrN. The zero-order valence-corrected chi connectivity index (χ0v) is 27.7. The molecule has 0 spiro atoms. The molecule has 0 saturated carbocycles. The van der Waals surface area contributed by atoms with Crippen LogP contribution in [0.25, 0.3) is 65.3 Å². The molecule has 0 aliphatic heterocycles. The van der Waals surface area contributed by atoms with Crippen LogP contribution in [-0.2, 0) is 0 Å². The minimum Gasteiger partial charge on any atom is -0.311 e. The second-order valence-electron chi connectivity index (χ2n) is 12.2. The third-order valence-corrected chi connectivity index (χ3v) is 10.3. The van der Waals surface area contributed by atoms with Crippen LogP contribution in [0.3, 0.4) is 0 Å². The number of nitrogens with zero attached hydrogens (tertiary/aromatic N) is 1. The molecule has 9 aromatic carbocycles. The maximum Gasteiger partial charge on any atom is 0.0462 e. The van der Waals surface area contributed by atoms with Gasteiger partial charge in [0.15, 0.2) is 0 Å².